The molecule has 0 amide bonds. The highest BCUT2D eigenvalue weighted by molar-refractivity contribution is 5.88. The highest BCUT2D eigenvalue weighted by atomic mass is 16.5. The number of nitrogens with one attached hydrogen (secondary N) is 1. The minimum atomic E-state index is -0.217. The van der Waals surface area contributed by atoms with Crippen molar-refractivity contribution in [2.75, 3.05) is 13.7 Å². The average molecular weight is 227 g/mol. The summed E-state index contributed by atoms with van der Waals surface area (Å²) in [5.41, 5.74) is 0.748. The van der Waals surface area contributed by atoms with E-state index in [0.29, 0.717) is 6.04 Å². The van der Waals surface area contributed by atoms with Crippen LogP contribution >= 0.6 is 0 Å². The minimum Gasteiger partial charge on any atom is -0.466 e. The van der Waals surface area contributed by atoms with E-state index in [9.17, 15) is 4.79 Å². The highest BCUT2D eigenvalue weighted by Gasteiger charge is 2.06. The van der Waals surface area contributed by atoms with E-state index in [-0.39, 0.29) is 5.97 Å². The fourth-order valence-corrected chi connectivity index (χ4v) is 1.50. The number of hydrogen-bond acceptors (Lipinski definition) is 3. The zero-order valence-electron chi connectivity index (χ0n) is 11.0. The number of hydrogen-bond donors (Lipinski definition) is 1. The first-order valence-corrected chi connectivity index (χ1v) is 6.16. The molecule has 0 fully saturated rings. The van der Waals surface area contributed by atoms with Gasteiger partial charge >= 0.3 is 5.97 Å². The predicted octanol–water partition coefficient (Wildman–Crippen LogP) is 2.66. The Kier molecular flexibility index (Phi) is 8.91. The van der Waals surface area contributed by atoms with Crippen molar-refractivity contribution in [2.45, 2.75) is 52.5 Å². The van der Waals surface area contributed by atoms with Gasteiger partial charge in [0.2, 0.25) is 0 Å². The largest absolute Gasteiger partial charge is 0.466 e. The molecule has 0 radical (unpaired) electrons. The third-order valence-corrected chi connectivity index (χ3v) is 2.63. The summed E-state index contributed by atoms with van der Waals surface area (Å²) in [5.74, 6) is -0.217. The number of carbonyl (C=O) groups excluding carboxylic acids is 1. The fourth-order valence-electron chi connectivity index (χ4n) is 1.50. The average Bonchev–Trinajstić information content (AvgIpc) is 2.31. The topological polar surface area (TPSA) is 38.3 Å². The van der Waals surface area contributed by atoms with Crippen LogP contribution in [0.3, 0.4) is 0 Å². The molecule has 0 aliphatic rings. The number of ether oxygens (including phenoxy) is 1. The molecule has 0 saturated heterocycles. The number of methoxy groups -OCH3 is 1. The second kappa shape index (κ2) is 9.40. The van der Waals surface area contributed by atoms with Gasteiger partial charge in [0.15, 0.2) is 0 Å². The Balaban J connectivity index is 3.91. The van der Waals surface area contributed by atoms with Crippen molar-refractivity contribution < 1.29 is 9.53 Å². The molecule has 94 valence electrons. The normalized spacial score (nSPS) is 13.6. The van der Waals surface area contributed by atoms with E-state index < -0.39 is 0 Å². The molecule has 0 aliphatic carbocycles. The molecule has 1 N–H and O–H groups in total. The van der Waals surface area contributed by atoms with E-state index in [0.717, 1.165) is 18.5 Å². The van der Waals surface area contributed by atoms with E-state index in [1.807, 2.05) is 13.0 Å². The third-order valence-electron chi connectivity index (χ3n) is 2.63. The predicted molar refractivity (Wildman–Crippen MR) is 67.4 cm³/mol. The van der Waals surface area contributed by atoms with Gasteiger partial charge in [-0.05, 0) is 19.8 Å². The summed E-state index contributed by atoms with van der Waals surface area (Å²) in [6.07, 6.45) is 6.30. The van der Waals surface area contributed by atoms with Gasteiger partial charge in [-0.2, -0.15) is 0 Å². The molecule has 0 heterocycles. The van der Waals surface area contributed by atoms with Crippen LogP contribution in [0.2, 0.25) is 0 Å². The molecule has 16 heavy (non-hydrogen) atoms. The third kappa shape index (κ3) is 6.62. The Morgan fingerprint density at radius 2 is 2.12 bits per heavy atom. The lowest BCUT2D eigenvalue weighted by Gasteiger charge is -2.11. The summed E-state index contributed by atoms with van der Waals surface area (Å²) < 4.78 is 4.69. The standard InChI is InChI=1S/C13H25NO2/c1-5-7-8-11(3)14-10-9-12(6-2)13(15)16-4/h9,11,14H,5-8,10H2,1-4H3/b12-9-. The summed E-state index contributed by atoms with van der Waals surface area (Å²) in [6.45, 7) is 7.07. The molecule has 0 aromatic carbocycles. The molecule has 0 aromatic heterocycles. The van der Waals surface area contributed by atoms with E-state index in [4.69, 9.17) is 4.74 Å². The van der Waals surface area contributed by atoms with Crippen LogP contribution in [0.5, 0.6) is 0 Å². The lowest BCUT2D eigenvalue weighted by molar-refractivity contribution is -0.136. The first kappa shape index (κ1) is 15.2. The van der Waals surface area contributed by atoms with E-state index >= 15 is 0 Å². The Bertz CT molecular complexity index is 224. The smallest absolute Gasteiger partial charge is 0.333 e. The quantitative estimate of drug-likeness (QED) is 0.512. The van der Waals surface area contributed by atoms with Crippen LogP contribution in [-0.2, 0) is 9.53 Å². The van der Waals surface area contributed by atoms with E-state index in [2.05, 4.69) is 19.2 Å². The maximum atomic E-state index is 11.3. The Morgan fingerprint density at radius 3 is 2.62 bits per heavy atom. The van der Waals surface area contributed by atoms with Gasteiger partial charge in [-0.25, -0.2) is 4.79 Å². The van der Waals surface area contributed by atoms with E-state index in [1.54, 1.807) is 0 Å². The molecule has 1 unspecified atom stereocenters. The zero-order chi connectivity index (χ0) is 12.4. The van der Waals surface area contributed by atoms with Crippen LogP contribution in [0.15, 0.2) is 11.6 Å². The summed E-state index contributed by atoms with van der Waals surface area (Å²) in [5, 5.41) is 3.38. The van der Waals surface area contributed by atoms with Gasteiger partial charge < -0.3 is 10.1 Å². The molecule has 0 saturated carbocycles. The molecular formula is C13H25NO2. The van der Waals surface area contributed by atoms with Gasteiger partial charge in [-0.1, -0.05) is 32.8 Å². The fraction of sp³-hybridized carbons (Fsp3) is 0.769. The van der Waals surface area contributed by atoms with Crippen molar-refractivity contribution in [1.29, 1.82) is 0 Å². The Hall–Kier alpha value is -0.830. The monoisotopic (exact) mass is 227 g/mol. The lowest BCUT2D eigenvalue weighted by Crippen LogP contribution is -2.26. The van der Waals surface area contributed by atoms with Gasteiger partial charge in [-0.3, -0.25) is 0 Å². The first-order chi connectivity index (χ1) is 7.65. The highest BCUT2D eigenvalue weighted by Crippen LogP contribution is 2.03. The van der Waals surface area contributed by atoms with Gasteiger partial charge in [0.05, 0.1) is 7.11 Å². The Labute approximate surface area is 99.3 Å². The van der Waals surface area contributed by atoms with Crippen LogP contribution in [0.4, 0.5) is 0 Å². The number of unbranched alkanes of at least 4 members (excludes halogenated alkanes) is 1. The molecule has 3 nitrogen and oxygen atoms in total. The maximum absolute atomic E-state index is 11.3. The Morgan fingerprint density at radius 1 is 1.44 bits per heavy atom. The summed E-state index contributed by atoms with van der Waals surface area (Å²) in [4.78, 5) is 11.3. The molecule has 0 aliphatic heterocycles. The van der Waals surface area contributed by atoms with Gasteiger partial charge in [0, 0.05) is 18.2 Å². The molecular weight excluding hydrogens is 202 g/mol. The van der Waals surface area contributed by atoms with Crippen LogP contribution in [0.1, 0.15) is 46.5 Å². The first-order valence-electron chi connectivity index (χ1n) is 6.16. The zero-order valence-corrected chi connectivity index (χ0v) is 11.0. The van der Waals surface area contributed by atoms with Gasteiger partial charge in [0.25, 0.3) is 0 Å². The van der Waals surface area contributed by atoms with Crippen molar-refractivity contribution in [2.24, 2.45) is 0 Å². The van der Waals surface area contributed by atoms with Crippen molar-refractivity contribution in [1.82, 2.24) is 5.32 Å². The van der Waals surface area contributed by atoms with Crippen LogP contribution in [-0.4, -0.2) is 25.7 Å². The van der Waals surface area contributed by atoms with Crippen molar-refractivity contribution >= 4 is 5.97 Å². The van der Waals surface area contributed by atoms with Crippen LogP contribution in [0, 0.1) is 0 Å². The SMILES string of the molecule is CCCCC(C)NC/C=C(/CC)C(=O)OC. The number of esters is 1. The number of carbonyl (C=O) groups is 1. The molecule has 0 spiro atoms. The summed E-state index contributed by atoms with van der Waals surface area (Å²) >= 11 is 0. The second-order valence-corrected chi connectivity index (χ2v) is 4.03. The summed E-state index contributed by atoms with van der Waals surface area (Å²) in [6, 6.07) is 0.506. The molecule has 0 aromatic rings. The van der Waals surface area contributed by atoms with Crippen LogP contribution in [0.25, 0.3) is 0 Å². The van der Waals surface area contributed by atoms with Crippen molar-refractivity contribution in [3.8, 4) is 0 Å². The molecule has 1 atom stereocenters. The van der Waals surface area contributed by atoms with Gasteiger partial charge in [0.1, 0.15) is 0 Å². The van der Waals surface area contributed by atoms with E-state index in [1.165, 1.54) is 26.4 Å². The lowest BCUT2D eigenvalue weighted by atomic mass is 10.1. The maximum Gasteiger partial charge on any atom is 0.333 e. The molecule has 3 heteroatoms. The summed E-state index contributed by atoms with van der Waals surface area (Å²) in [7, 11) is 1.42. The van der Waals surface area contributed by atoms with Crippen molar-refractivity contribution in [3.05, 3.63) is 11.6 Å². The van der Waals surface area contributed by atoms with Crippen molar-refractivity contribution in [3.63, 3.8) is 0 Å². The number of rotatable bonds is 8. The molecule has 0 bridgehead atoms. The second-order valence-electron chi connectivity index (χ2n) is 4.03. The molecule has 0 rings (SSSR count). The van der Waals surface area contributed by atoms with Gasteiger partial charge in [-0.15, -0.1) is 0 Å². The van der Waals surface area contributed by atoms with Crippen LogP contribution < -0.4 is 5.32 Å². The minimum absolute atomic E-state index is 0.217.